The van der Waals surface area contributed by atoms with Gasteiger partial charge in [-0.25, -0.2) is 38.3 Å². The lowest BCUT2D eigenvalue weighted by Crippen LogP contribution is -2.59. The lowest BCUT2D eigenvalue weighted by atomic mass is 9.90. The van der Waals surface area contributed by atoms with Crippen LogP contribution in [-0.4, -0.2) is 208 Å². The van der Waals surface area contributed by atoms with Crippen LogP contribution in [0.5, 0.6) is 0 Å². The lowest BCUT2D eigenvalue weighted by Gasteiger charge is -2.48. The molecule has 4 unspecified atom stereocenters. The summed E-state index contributed by atoms with van der Waals surface area (Å²) in [6, 6.07) is 27.7. The first kappa shape index (κ1) is 68.4. The van der Waals surface area contributed by atoms with E-state index in [-0.39, 0.29) is 100 Å². The zero-order valence-electron chi connectivity index (χ0n) is 62.0. The van der Waals surface area contributed by atoms with Crippen LogP contribution in [0.4, 0.5) is 31.5 Å². The SMILES string of the molecule is Cn1c(=O)n(C2CCC(=O)NC2=O)c2ccc(N3CC(CN4CCN(c5ccc(-c6nccc(-c7cc8c([nH]7)C7(CNC8=O)CC7N7CC8(CC8)c8[nH]c(-c9ccnc(-c%10ccc(N%11CCN(CC%12CN(c%13cccc%14c%13n(C)c(=O)n%14C%13CCC(=O)NC%13=O)C%12)CC%11)cc%10F)n9)cc8C7=O)n6)c(F)c5)CC45CC5)C3)cc21. The molecule has 0 bridgehead atoms. The highest BCUT2D eigenvalue weighted by molar-refractivity contribution is 6.03. The first-order valence-corrected chi connectivity index (χ1v) is 39.1. The van der Waals surface area contributed by atoms with E-state index >= 15 is 8.78 Å². The van der Waals surface area contributed by atoms with Crippen molar-refractivity contribution in [2.45, 2.75) is 92.3 Å². The number of aryl methyl sites for hydroxylation is 2. The van der Waals surface area contributed by atoms with E-state index in [2.05, 4.69) is 65.3 Å². The smallest absolute Gasteiger partial charge is 0.329 e. The second kappa shape index (κ2) is 25.2. The van der Waals surface area contributed by atoms with Gasteiger partial charge in [0, 0.05) is 195 Å². The Balaban J connectivity index is 0.443. The number of benzene rings is 4. The van der Waals surface area contributed by atoms with Crippen LogP contribution in [0.1, 0.15) is 102 Å². The number of nitrogens with zero attached hydrogens (tertiary/aromatic N) is 15. The summed E-state index contributed by atoms with van der Waals surface area (Å²) in [5.41, 5.74) is 10.5. The minimum atomic E-state index is -0.746. The van der Waals surface area contributed by atoms with Crippen LogP contribution in [0, 0.1) is 23.5 Å². The van der Waals surface area contributed by atoms with E-state index in [1.54, 1.807) is 78.1 Å². The van der Waals surface area contributed by atoms with Crippen LogP contribution >= 0.6 is 0 Å². The van der Waals surface area contributed by atoms with Crippen LogP contribution in [0.25, 0.3) is 67.6 Å². The third kappa shape index (κ3) is 11.0. The van der Waals surface area contributed by atoms with Gasteiger partial charge in [0.2, 0.25) is 23.6 Å². The number of hydrogen-bond acceptors (Lipinski definition) is 18. The molecule has 6 amide bonds. The number of nitrogens with one attached hydrogen (secondary N) is 5. The minimum absolute atomic E-state index is 0.0248. The Morgan fingerprint density at radius 3 is 1.77 bits per heavy atom. The number of imidazole rings is 2. The van der Waals surface area contributed by atoms with E-state index in [1.807, 2.05) is 59.5 Å². The van der Waals surface area contributed by atoms with Crippen molar-refractivity contribution in [3.05, 3.63) is 165 Å². The number of amides is 6. The maximum absolute atomic E-state index is 16.6. The predicted octanol–water partition coefficient (Wildman–Crippen LogP) is 6.12. The Kier molecular flexibility index (Phi) is 15.4. The molecule has 6 aromatic heterocycles. The molecule has 5 N–H and O–H groups in total. The zero-order valence-corrected chi connectivity index (χ0v) is 62.0. The fourth-order valence-electron chi connectivity index (χ4n) is 19.9. The number of carbonyl (C=O) groups excluding carboxylic acids is 6. The van der Waals surface area contributed by atoms with Crippen LogP contribution in [0.3, 0.4) is 0 Å². The fourth-order valence-corrected chi connectivity index (χ4v) is 19.9. The largest absolute Gasteiger partial charge is 0.371 e. The van der Waals surface area contributed by atoms with Crippen molar-refractivity contribution in [1.82, 2.24) is 78.8 Å². The average Bonchev–Trinajstić information content (AvgIpc) is 1.51. The molecule has 8 aliphatic heterocycles. The summed E-state index contributed by atoms with van der Waals surface area (Å²) in [5.74, 6) is -1.45. The Hall–Kier alpha value is -11.7. The van der Waals surface area contributed by atoms with Gasteiger partial charge in [0.25, 0.3) is 11.8 Å². The van der Waals surface area contributed by atoms with E-state index < -0.39 is 40.9 Å². The summed E-state index contributed by atoms with van der Waals surface area (Å²) in [5, 5.41) is 7.91. The van der Waals surface area contributed by atoms with Gasteiger partial charge in [-0.05, 0) is 136 Å². The number of piperidine rings is 2. The number of aromatic nitrogens is 10. The maximum atomic E-state index is 16.6. The summed E-state index contributed by atoms with van der Waals surface area (Å²) in [7, 11) is 3.44. The monoisotopic (exact) mass is 1510 g/mol. The second-order valence-corrected chi connectivity index (χ2v) is 33.2. The van der Waals surface area contributed by atoms with Crippen molar-refractivity contribution in [1.29, 1.82) is 0 Å². The number of hydrogen-bond donors (Lipinski definition) is 5. The van der Waals surface area contributed by atoms with E-state index in [0.29, 0.717) is 76.3 Å². The van der Waals surface area contributed by atoms with Crippen molar-refractivity contribution in [2.24, 2.45) is 25.9 Å². The van der Waals surface area contributed by atoms with E-state index in [0.717, 1.165) is 156 Å². The van der Waals surface area contributed by atoms with Gasteiger partial charge in [0.15, 0.2) is 11.6 Å². The Morgan fingerprint density at radius 2 is 1.12 bits per heavy atom. The highest BCUT2D eigenvalue weighted by Gasteiger charge is 2.66. The van der Waals surface area contributed by atoms with Gasteiger partial charge in [-0.1, -0.05) is 6.07 Å². The first-order valence-electron chi connectivity index (χ1n) is 39.1. The normalized spacial score (nSPS) is 23.6. The minimum Gasteiger partial charge on any atom is -0.371 e. The highest BCUT2D eigenvalue weighted by atomic mass is 19.1. The number of H-pyrrole nitrogens is 2. The Morgan fingerprint density at radius 1 is 0.536 bits per heavy atom. The van der Waals surface area contributed by atoms with Gasteiger partial charge in [0.1, 0.15) is 23.7 Å². The van der Waals surface area contributed by atoms with E-state index in [4.69, 9.17) is 9.97 Å². The van der Waals surface area contributed by atoms with Crippen molar-refractivity contribution >= 4 is 80.3 Å². The van der Waals surface area contributed by atoms with Crippen LogP contribution < -0.4 is 46.9 Å². The van der Waals surface area contributed by atoms with Gasteiger partial charge in [-0.3, -0.25) is 67.5 Å². The summed E-state index contributed by atoms with van der Waals surface area (Å²) < 4.78 is 39.2. The standard InChI is InChI=1S/C82H82F2N20O8/c1-94-65-32-49(8-11-60(65)103(78(94)111)63-12-14-67(105)92-75(63)108)99-37-46(38-99)41-101-29-28-98(44-81(101)20-21-81)48-7-10-51(55(84)31-48)73-85-22-16-56(90-73)58-33-52-71(89-58)82(42-87-74(52)107)35-66(82)102-43-80(18-19-80)70-53(77(102)110)34-59(88-70)57-17-23-86-72(91-57)50-9-6-47(30-54(50)83)97-26-24-96(25-27-97)36-45-39-100(40-45)61-4-3-5-62-69(61)95(2)79(112)104(62)64-13-15-68(106)93-76(64)109/h3-11,16-17,22-23,30-34,45-46,63-64,66,88-89H,12-15,18-21,24-29,35-44H2,1-2H3,(H,87,107)(H,92,105,108)(H,93,106,109). The molecule has 11 aliphatic rings. The molecule has 112 heavy (non-hydrogen) atoms. The predicted molar refractivity (Wildman–Crippen MR) is 412 cm³/mol. The molecule has 14 heterocycles. The number of para-hydroxylation sites is 1. The molecule has 0 radical (unpaired) electrons. The summed E-state index contributed by atoms with van der Waals surface area (Å²) in [6.07, 6.45) is 8.70. The molecule has 3 saturated carbocycles. The summed E-state index contributed by atoms with van der Waals surface area (Å²) in [6.45, 7) is 11.6. The topological polar surface area (TPSA) is 298 Å². The van der Waals surface area contributed by atoms with Gasteiger partial charge >= 0.3 is 11.4 Å². The molecule has 3 aliphatic carbocycles. The Bertz CT molecular complexity index is 5850. The van der Waals surface area contributed by atoms with Crippen LogP contribution in [-0.2, 0) is 44.1 Å². The van der Waals surface area contributed by atoms with Gasteiger partial charge < -0.3 is 39.8 Å². The van der Waals surface area contributed by atoms with Gasteiger partial charge in [0.05, 0.1) is 78.2 Å². The van der Waals surface area contributed by atoms with Gasteiger partial charge in [-0.2, -0.15) is 0 Å². The van der Waals surface area contributed by atoms with E-state index in [9.17, 15) is 38.4 Å². The van der Waals surface area contributed by atoms with Crippen molar-refractivity contribution in [3.63, 3.8) is 0 Å². The number of anilines is 4. The molecule has 10 aromatic rings. The summed E-state index contributed by atoms with van der Waals surface area (Å²) >= 11 is 0. The van der Waals surface area contributed by atoms with E-state index in [1.165, 1.54) is 9.13 Å². The molecular weight excluding hydrogens is 1430 g/mol. The second-order valence-electron chi connectivity index (χ2n) is 33.2. The summed E-state index contributed by atoms with van der Waals surface area (Å²) in [4.78, 5) is 147. The number of aromatic amines is 2. The number of imide groups is 2. The molecule has 572 valence electrons. The lowest BCUT2D eigenvalue weighted by molar-refractivity contribution is -0.137. The Labute approximate surface area is 639 Å². The van der Waals surface area contributed by atoms with Crippen molar-refractivity contribution < 1.29 is 37.5 Å². The van der Waals surface area contributed by atoms with Gasteiger partial charge in [-0.15, -0.1) is 0 Å². The number of piperazine rings is 2. The molecule has 21 rings (SSSR count). The highest BCUT2D eigenvalue weighted by Crippen LogP contribution is 2.60. The molecule has 3 spiro atoms. The average molecular weight is 1510 g/mol. The van der Waals surface area contributed by atoms with Crippen molar-refractivity contribution in [2.75, 3.05) is 118 Å². The molecule has 28 nitrogen and oxygen atoms in total. The number of carbonyl (C=O) groups is 6. The third-order valence-corrected chi connectivity index (χ3v) is 26.5. The molecule has 6 saturated heterocycles. The molecule has 4 atom stereocenters. The third-order valence-electron chi connectivity index (χ3n) is 26.5. The van der Waals surface area contributed by atoms with Crippen LogP contribution in [0.15, 0.2) is 119 Å². The first-order chi connectivity index (χ1) is 54.2. The molecule has 9 fully saturated rings. The fraction of sp³-hybridized carbons (Fsp3) is 0.415. The molecule has 30 heteroatoms. The zero-order chi connectivity index (χ0) is 76.1. The number of fused-ring (bicyclic) bond motifs is 6. The quantitative estimate of drug-likeness (QED) is 0.0722. The van der Waals surface area contributed by atoms with Crippen LogP contribution in [0.2, 0.25) is 0 Å². The molecule has 4 aromatic carbocycles. The number of rotatable bonds is 15. The number of halogens is 2. The molecular formula is C82H82F2N20O8. The van der Waals surface area contributed by atoms with Crippen molar-refractivity contribution in [3.8, 4) is 45.6 Å². The maximum Gasteiger partial charge on any atom is 0.329 e.